The summed E-state index contributed by atoms with van der Waals surface area (Å²) in [5.41, 5.74) is 3.87. The molecular formula is C47H70N2O6. The fourth-order valence-electron chi connectivity index (χ4n) is 11.5. The van der Waals surface area contributed by atoms with Gasteiger partial charge in [0.15, 0.2) is 0 Å². The van der Waals surface area contributed by atoms with Crippen LogP contribution in [-0.4, -0.2) is 91.0 Å². The van der Waals surface area contributed by atoms with Gasteiger partial charge in [0.05, 0.1) is 18.3 Å². The van der Waals surface area contributed by atoms with E-state index in [9.17, 15) is 25.2 Å². The molecule has 3 aliphatic carbocycles. The number of carbonyl (C=O) groups excluding carboxylic acids is 1. The van der Waals surface area contributed by atoms with Crippen molar-refractivity contribution in [1.29, 1.82) is 0 Å². The molecule has 8 nitrogen and oxygen atoms in total. The van der Waals surface area contributed by atoms with Crippen molar-refractivity contribution in [3.8, 4) is 0 Å². The van der Waals surface area contributed by atoms with Gasteiger partial charge in [0.25, 0.3) is 0 Å². The lowest BCUT2D eigenvalue weighted by atomic mass is 9.39. The minimum atomic E-state index is -1.18. The minimum absolute atomic E-state index is 0.00486. The molecule has 0 radical (unpaired) electrons. The zero-order chi connectivity index (χ0) is 39.9. The summed E-state index contributed by atoms with van der Waals surface area (Å²) in [5, 5.41) is 53.8. The van der Waals surface area contributed by atoms with Crippen molar-refractivity contribution >= 4 is 6.29 Å². The average Bonchev–Trinajstić information content (AvgIpc) is 3.38. The van der Waals surface area contributed by atoms with Crippen molar-refractivity contribution < 1.29 is 30.0 Å². The molecule has 6 N–H and O–H groups in total. The fourth-order valence-corrected chi connectivity index (χ4v) is 11.5. The highest BCUT2D eigenvalue weighted by atomic mass is 16.5. The molecule has 3 saturated carbocycles. The standard InChI is InChI=1S/C47H70N2O6/c1-34-14-15-39(29-37-11-8-12-38(28-37)30-43(4,49-31-34)24-27-55-6)35(2)10-7-13-40(33-52)44-19-21-45(17-9-26-50)41(36(3)32-51)16-18-46(54,23-25-48-5)47(45,22-20-44)42(44)53/h7-8,10-14,28,32,39,42,48-50,52-54H,2,9,15-27,29-31,33H2,1,3-6H3. The molecule has 7 atom stereocenters. The van der Waals surface area contributed by atoms with Crippen molar-refractivity contribution in [2.24, 2.45) is 22.2 Å². The van der Waals surface area contributed by atoms with Crippen LogP contribution in [0, 0.1) is 22.2 Å². The average molecular weight is 759 g/mol. The largest absolute Gasteiger partial charge is 0.396 e. The zero-order valence-electron chi connectivity index (χ0n) is 34.4. The van der Waals surface area contributed by atoms with E-state index in [1.807, 2.05) is 26.1 Å². The molecule has 0 amide bonds. The Labute approximate surface area is 330 Å². The third kappa shape index (κ3) is 8.34. The van der Waals surface area contributed by atoms with Crippen LogP contribution in [0.2, 0.25) is 0 Å². The van der Waals surface area contributed by atoms with Crippen LogP contribution in [0.3, 0.4) is 0 Å². The summed E-state index contributed by atoms with van der Waals surface area (Å²) in [5.74, 6) is 0.183. The molecule has 1 aliphatic heterocycles. The first-order valence-corrected chi connectivity index (χ1v) is 20.8. The van der Waals surface area contributed by atoms with Gasteiger partial charge >= 0.3 is 0 Å². The Balaban J connectivity index is 1.46. The molecule has 1 spiro atoms. The molecule has 3 fully saturated rings. The molecular weight excluding hydrogens is 689 g/mol. The number of ether oxygens (including phenoxy) is 1. The second-order valence-corrected chi connectivity index (χ2v) is 17.7. The van der Waals surface area contributed by atoms with Gasteiger partial charge < -0.3 is 35.8 Å². The van der Waals surface area contributed by atoms with Crippen molar-refractivity contribution in [2.75, 3.05) is 47.1 Å². The van der Waals surface area contributed by atoms with E-state index in [0.717, 1.165) is 55.2 Å². The number of allylic oxidation sites excluding steroid dienone is 7. The number of hydrogen-bond donors (Lipinski definition) is 6. The summed E-state index contributed by atoms with van der Waals surface area (Å²) in [7, 11) is 3.64. The van der Waals surface area contributed by atoms with E-state index in [1.54, 1.807) is 7.11 Å². The molecule has 5 rings (SSSR count). The van der Waals surface area contributed by atoms with Gasteiger partial charge in [0.2, 0.25) is 0 Å². The highest BCUT2D eigenvalue weighted by Crippen LogP contribution is 2.77. The van der Waals surface area contributed by atoms with Gasteiger partial charge in [-0.1, -0.05) is 71.9 Å². The number of rotatable bonds is 15. The Morgan fingerprint density at radius 3 is 2.58 bits per heavy atom. The van der Waals surface area contributed by atoms with Gasteiger partial charge in [-0.25, -0.2) is 0 Å². The van der Waals surface area contributed by atoms with Crippen LogP contribution in [-0.2, 0) is 22.4 Å². The molecule has 1 aromatic rings. The number of nitrogens with one attached hydrogen (secondary N) is 2. The van der Waals surface area contributed by atoms with E-state index in [2.05, 4.69) is 67.5 Å². The van der Waals surface area contributed by atoms with E-state index in [-0.39, 0.29) is 24.7 Å². The first-order valence-electron chi connectivity index (χ1n) is 20.8. The van der Waals surface area contributed by atoms with E-state index < -0.39 is 27.9 Å². The topological polar surface area (TPSA) is 131 Å². The summed E-state index contributed by atoms with van der Waals surface area (Å²) in [6.07, 6.45) is 17.1. The van der Waals surface area contributed by atoms with Gasteiger partial charge in [-0.3, -0.25) is 4.79 Å². The predicted molar refractivity (Wildman–Crippen MR) is 222 cm³/mol. The molecule has 0 saturated heterocycles. The number of hydrogen-bond acceptors (Lipinski definition) is 8. The lowest BCUT2D eigenvalue weighted by Crippen LogP contribution is -2.69. The molecule has 1 heterocycles. The monoisotopic (exact) mass is 759 g/mol. The first-order chi connectivity index (χ1) is 26.3. The number of aldehydes is 1. The van der Waals surface area contributed by atoms with Crippen LogP contribution >= 0.6 is 0 Å². The highest BCUT2D eigenvalue weighted by molar-refractivity contribution is 5.74. The number of methoxy groups -OCH3 is 1. The maximum atomic E-state index is 12.9. The summed E-state index contributed by atoms with van der Waals surface area (Å²) in [6, 6.07) is 8.92. The molecule has 55 heavy (non-hydrogen) atoms. The number of carbonyl (C=O) groups is 1. The molecule has 4 bridgehead atoms. The van der Waals surface area contributed by atoms with Crippen molar-refractivity contribution in [1.82, 2.24) is 10.6 Å². The van der Waals surface area contributed by atoms with Crippen molar-refractivity contribution in [3.63, 3.8) is 0 Å². The quantitative estimate of drug-likeness (QED) is 0.0519. The maximum Gasteiger partial charge on any atom is 0.145 e. The minimum Gasteiger partial charge on any atom is -0.396 e. The van der Waals surface area contributed by atoms with Crippen LogP contribution in [0.25, 0.3) is 0 Å². The number of fused-ring (bicyclic) bond motifs is 3. The van der Waals surface area contributed by atoms with Crippen molar-refractivity contribution in [2.45, 2.75) is 121 Å². The number of benzene rings is 1. The van der Waals surface area contributed by atoms with Crippen molar-refractivity contribution in [3.05, 3.63) is 94.1 Å². The Hall–Kier alpha value is -2.69. The van der Waals surface area contributed by atoms with E-state index in [0.29, 0.717) is 76.5 Å². The SMILES string of the molecule is C=C(C=CC=C(CO)C12CCC3(CCCO)C(=C(C)C=O)CCC(O)(CCNC)C3(CC1)C2O)C1CC=C(C)CNC(C)(CCOC)Cc2cccc(c2)C1. The zero-order valence-corrected chi connectivity index (χ0v) is 34.4. The molecule has 0 aromatic heterocycles. The maximum absolute atomic E-state index is 12.9. The van der Waals surface area contributed by atoms with Gasteiger partial charge in [-0.05, 0) is 146 Å². The van der Waals surface area contributed by atoms with Gasteiger partial charge in [0, 0.05) is 48.7 Å². The smallest absolute Gasteiger partial charge is 0.145 e. The normalized spacial score (nSPS) is 35.1. The van der Waals surface area contributed by atoms with Crippen LogP contribution in [0.1, 0.15) is 103 Å². The Morgan fingerprint density at radius 2 is 1.87 bits per heavy atom. The van der Waals surface area contributed by atoms with Crippen LogP contribution in [0.5, 0.6) is 0 Å². The third-order valence-corrected chi connectivity index (χ3v) is 14.6. The fraction of sp³-hybridized carbons (Fsp3) is 0.638. The van der Waals surface area contributed by atoms with Gasteiger partial charge in [-0.2, -0.15) is 0 Å². The molecule has 1 aromatic carbocycles. The lowest BCUT2D eigenvalue weighted by molar-refractivity contribution is -0.240. The van der Waals surface area contributed by atoms with Crippen LogP contribution in [0.15, 0.2) is 83.0 Å². The summed E-state index contributed by atoms with van der Waals surface area (Å²) in [4.78, 5) is 12.3. The third-order valence-electron chi connectivity index (χ3n) is 14.6. The predicted octanol–water partition coefficient (Wildman–Crippen LogP) is 6.48. The van der Waals surface area contributed by atoms with Crippen LogP contribution < -0.4 is 10.6 Å². The Morgan fingerprint density at radius 1 is 1.11 bits per heavy atom. The van der Waals surface area contributed by atoms with Gasteiger partial charge in [0.1, 0.15) is 6.29 Å². The molecule has 7 unspecified atom stereocenters. The van der Waals surface area contributed by atoms with Gasteiger partial charge in [-0.15, -0.1) is 0 Å². The van der Waals surface area contributed by atoms with Crippen LogP contribution in [0.4, 0.5) is 0 Å². The molecule has 304 valence electrons. The summed E-state index contributed by atoms with van der Waals surface area (Å²) in [6.45, 7) is 12.8. The van der Waals surface area contributed by atoms with E-state index in [1.165, 1.54) is 16.7 Å². The number of aliphatic hydroxyl groups is 4. The Kier molecular flexibility index (Phi) is 14.4. The molecule has 8 heteroatoms. The Bertz CT molecular complexity index is 1650. The lowest BCUT2D eigenvalue weighted by Gasteiger charge is -2.67. The second kappa shape index (κ2) is 18.3. The van der Waals surface area contributed by atoms with E-state index in [4.69, 9.17) is 4.74 Å². The first kappa shape index (κ1) is 43.4. The van der Waals surface area contributed by atoms with E-state index >= 15 is 0 Å². The summed E-state index contributed by atoms with van der Waals surface area (Å²) < 4.78 is 5.45. The summed E-state index contributed by atoms with van der Waals surface area (Å²) >= 11 is 0. The number of aliphatic hydroxyl groups excluding tert-OH is 3. The highest BCUT2D eigenvalue weighted by Gasteiger charge is 2.76. The molecule has 4 aliphatic rings. The second-order valence-electron chi connectivity index (χ2n) is 17.7.